The highest BCUT2D eigenvalue weighted by molar-refractivity contribution is 8.01. The molecule has 0 spiro atoms. The van der Waals surface area contributed by atoms with Crippen LogP contribution in [-0.4, -0.2) is 11.9 Å². The van der Waals surface area contributed by atoms with Crippen molar-refractivity contribution in [3.63, 3.8) is 0 Å². The molecule has 1 rings (SSSR count). The van der Waals surface area contributed by atoms with Crippen LogP contribution in [0.4, 0.5) is 0 Å². The maximum atomic E-state index is 8.19. The Morgan fingerprint density at radius 1 is 1.80 bits per heavy atom. The van der Waals surface area contributed by atoms with Gasteiger partial charge in [0.05, 0.1) is 5.03 Å². The maximum absolute atomic E-state index is 8.19. The van der Waals surface area contributed by atoms with Crippen molar-refractivity contribution in [2.75, 3.05) is 0 Å². The van der Waals surface area contributed by atoms with Gasteiger partial charge in [0.25, 0.3) is 0 Å². The van der Waals surface area contributed by atoms with Crippen LogP contribution in [-0.2, 0) is 0 Å². The lowest BCUT2D eigenvalue weighted by Gasteiger charge is -2.14. The van der Waals surface area contributed by atoms with Gasteiger partial charge in [-0.3, -0.25) is 0 Å². The van der Waals surface area contributed by atoms with Gasteiger partial charge in [0.1, 0.15) is 5.82 Å². The molecule has 0 bridgehead atoms. The maximum Gasteiger partial charge on any atom is 0.132 e. The highest BCUT2D eigenvalue weighted by Crippen LogP contribution is 2.20. The van der Waals surface area contributed by atoms with Gasteiger partial charge in [-0.2, -0.15) is 0 Å². The molecule has 1 aliphatic heterocycles. The van der Waals surface area contributed by atoms with Crippen molar-refractivity contribution >= 4 is 23.9 Å². The standard InChI is InChI=1S/C8H10N6S/c1-2-6-5-8(15-14-13-10)12-7(11-6)3-4-9/h3-5,9,12H,2H2,1H3/b7-3-,9-4?. The van der Waals surface area contributed by atoms with Gasteiger partial charge >= 0.3 is 0 Å². The molecule has 0 radical (unpaired) electrons. The summed E-state index contributed by atoms with van der Waals surface area (Å²) >= 11 is 1.01. The lowest BCUT2D eigenvalue weighted by Crippen LogP contribution is -2.16. The molecule has 0 aromatic heterocycles. The van der Waals surface area contributed by atoms with E-state index < -0.39 is 0 Å². The Kier molecular flexibility index (Phi) is 4.46. The summed E-state index contributed by atoms with van der Waals surface area (Å²) in [6.07, 6.45) is 5.30. The Morgan fingerprint density at radius 3 is 3.20 bits per heavy atom. The van der Waals surface area contributed by atoms with Crippen LogP contribution in [0.3, 0.4) is 0 Å². The van der Waals surface area contributed by atoms with Crippen LogP contribution in [0.1, 0.15) is 13.3 Å². The van der Waals surface area contributed by atoms with Gasteiger partial charge in [-0.1, -0.05) is 6.92 Å². The number of allylic oxidation sites excluding steroid dienone is 2. The zero-order chi connectivity index (χ0) is 11.1. The first-order valence-corrected chi connectivity index (χ1v) is 5.06. The smallest absolute Gasteiger partial charge is 0.132 e. The van der Waals surface area contributed by atoms with E-state index in [1.165, 1.54) is 0 Å². The van der Waals surface area contributed by atoms with Crippen LogP contribution in [0.15, 0.2) is 32.5 Å². The normalized spacial score (nSPS) is 17.3. The van der Waals surface area contributed by atoms with Crippen molar-refractivity contribution in [1.29, 1.82) is 5.41 Å². The molecule has 15 heavy (non-hydrogen) atoms. The Hall–Kier alpha value is -1.72. The summed E-state index contributed by atoms with van der Waals surface area (Å²) in [7, 11) is 0. The minimum Gasteiger partial charge on any atom is -0.335 e. The van der Waals surface area contributed by atoms with Crippen LogP contribution < -0.4 is 5.32 Å². The van der Waals surface area contributed by atoms with E-state index in [0.29, 0.717) is 10.9 Å². The summed E-state index contributed by atoms with van der Waals surface area (Å²) in [4.78, 5) is 6.89. The fraction of sp³-hybridized carbons (Fsp3) is 0.250. The predicted octanol–water partition coefficient (Wildman–Crippen LogP) is 2.73. The molecular formula is C8H10N6S. The average molecular weight is 222 g/mol. The van der Waals surface area contributed by atoms with Gasteiger partial charge in [0.15, 0.2) is 0 Å². The molecule has 0 saturated carbocycles. The van der Waals surface area contributed by atoms with Crippen molar-refractivity contribution in [1.82, 2.24) is 5.32 Å². The first kappa shape index (κ1) is 11.4. The third-order valence-corrected chi connectivity index (χ3v) is 2.16. The summed E-state index contributed by atoms with van der Waals surface area (Å²) in [6.45, 7) is 1.98. The van der Waals surface area contributed by atoms with Gasteiger partial charge < -0.3 is 10.7 Å². The molecule has 0 aromatic rings. The molecule has 7 heteroatoms. The molecule has 0 saturated heterocycles. The average Bonchev–Trinajstić information content (AvgIpc) is 2.26. The quantitative estimate of drug-likeness (QED) is 0.251. The highest BCUT2D eigenvalue weighted by atomic mass is 32.2. The lowest BCUT2D eigenvalue weighted by atomic mass is 10.2. The van der Waals surface area contributed by atoms with E-state index in [-0.39, 0.29) is 0 Å². The Labute approximate surface area is 91.4 Å². The predicted molar refractivity (Wildman–Crippen MR) is 62.5 cm³/mol. The Balaban J connectivity index is 2.87. The van der Waals surface area contributed by atoms with E-state index in [9.17, 15) is 0 Å². The van der Waals surface area contributed by atoms with Gasteiger partial charge in [0, 0.05) is 16.8 Å². The van der Waals surface area contributed by atoms with Crippen LogP contribution in [0.2, 0.25) is 0 Å². The Bertz CT molecular complexity index is 388. The summed E-state index contributed by atoms with van der Waals surface area (Å²) < 4.78 is 3.39. The summed E-state index contributed by atoms with van der Waals surface area (Å²) in [5, 5.41) is 10.6. The third kappa shape index (κ3) is 3.49. The number of nitrogens with zero attached hydrogens (tertiary/aromatic N) is 4. The van der Waals surface area contributed by atoms with Gasteiger partial charge in [0.2, 0.25) is 0 Å². The third-order valence-electron chi connectivity index (χ3n) is 1.59. The second-order valence-corrected chi connectivity index (χ2v) is 3.36. The zero-order valence-electron chi connectivity index (χ0n) is 8.14. The van der Waals surface area contributed by atoms with Gasteiger partial charge in [-0.15, -0.1) is 0 Å². The molecule has 0 fully saturated rings. The fourth-order valence-corrected chi connectivity index (χ4v) is 1.44. The number of nitrogens with one attached hydrogen (secondary N) is 2. The largest absolute Gasteiger partial charge is 0.335 e. The summed E-state index contributed by atoms with van der Waals surface area (Å²) in [5.41, 5.74) is 9.08. The topological polar surface area (TPSA) is 97.0 Å². The lowest BCUT2D eigenvalue weighted by molar-refractivity contribution is 0.989. The zero-order valence-corrected chi connectivity index (χ0v) is 8.95. The molecular weight excluding hydrogens is 212 g/mol. The molecule has 0 amide bonds. The second kappa shape index (κ2) is 5.90. The molecule has 0 aromatic carbocycles. The van der Waals surface area contributed by atoms with Crippen molar-refractivity contribution in [2.45, 2.75) is 13.3 Å². The highest BCUT2D eigenvalue weighted by Gasteiger charge is 2.08. The number of hydrogen-bond acceptors (Lipinski definition) is 5. The molecule has 78 valence electrons. The van der Waals surface area contributed by atoms with Crippen LogP contribution >= 0.6 is 11.9 Å². The molecule has 0 unspecified atom stereocenters. The van der Waals surface area contributed by atoms with Crippen LogP contribution in [0.25, 0.3) is 10.4 Å². The summed E-state index contributed by atoms with van der Waals surface area (Å²) in [6, 6.07) is 0. The van der Waals surface area contributed by atoms with E-state index in [1.54, 1.807) is 6.08 Å². The van der Waals surface area contributed by atoms with E-state index >= 15 is 0 Å². The number of azide groups is 1. The van der Waals surface area contributed by atoms with Crippen LogP contribution in [0.5, 0.6) is 0 Å². The SMILES string of the molecule is CCC1=N/C(=C/C=N)NC(SN=[N+]=[N-])=C1. The number of aliphatic imine (C=N–C) groups is 1. The van der Waals surface area contributed by atoms with E-state index in [0.717, 1.165) is 30.3 Å². The van der Waals surface area contributed by atoms with Gasteiger partial charge in [-0.25, -0.2) is 4.99 Å². The molecule has 1 aliphatic rings. The van der Waals surface area contributed by atoms with Crippen molar-refractivity contribution in [3.8, 4) is 0 Å². The fourth-order valence-electron chi connectivity index (χ4n) is 0.979. The monoisotopic (exact) mass is 222 g/mol. The minimum absolute atomic E-state index is 0.583. The molecule has 0 aliphatic carbocycles. The van der Waals surface area contributed by atoms with Crippen LogP contribution in [0, 0.1) is 5.41 Å². The second-order valence-electron chi connectivity index (χ2n) is 2.57. The number of hydrogen-bond donors (Lipinski definition) is 2. The van der Waals surface area contributed by atoms with Crippen molar-refractivity contribution in [2.24, 2.45) is 9.51 Å². The molecule has 0 atom stereocenters. The van der Waals surface area contributed by atoms with E-state index in [2.05, 4.69) is 19.7 Å². The van der Waals surface area contributed by atoms with Gasteiger partial charge in [-0.05, 0) is 40.6 Å². The molecule has 6 nitrogen and oxygen atoms in total. The van der Waals surface area contributed by atoms with E-state index in [1.807, 2.05) is 13.0 Å². The molecule has 2 N–H and O–H groups in total. The minimum atomic E-state index is 0.583. The van der Waals surface area contributed by atoms with Crippen molar-refractivity contribution in [3.05, 3.63) is 33.4 Å². The first-order chi connectivity index (χ1) is 7.30. The molecule has 1 heterocycles. The van der Waals surface area contributed by atoms with E-state index in [4.69, 9.17) is 10.9 Å². The van der Waals surface area contributed by atoms with Crippen molar-refractivity contribution < 1.29 is 0 Å². The Morgan fingerprint density at radius 2 is 2.60 bits per heavy atom. The number of rotatable bonds is 4. The summed E-state index contributed by atoms with van der Waals surface area (Å²) in [5.74, 6) is 0.583. The first-order valence-electron chi connectivity index (χ1n) is 4.28.